The zero-order valence-corrected chi connectivity index (χ0v) is 16.5. The molecule has 2 aromatic heterocycles. The Balaban J connectivity index is 1.71. The number of hydrogen-bond donors (Lipinski definition) is 0. The lowest BCUT2D eigenvalue weighted by atomic mass is 9.95. The lowest BCUT2D eigenvalue weighted by Gasteiger charge is -2.31. The van der Waals surface area contributed by atoms with E-state index in [1.54, 1.807) is 0 Å². The predicted molar refractivity (Wildman–Crippen MR) is 109 cm³/mol. The maximum absolute atomic E-state index is 4.68. The second-order valence-electron chi connectivity index (χ2n) is 7.48. The van der Waals surface area contributed by atoms with Gasteiger partial charge in [0.05, 0.1) is 11.7 Å². The van der Waals surface area contributed by atoms with Gasteiger partial charge in [0.15, 0.2) is 5.82 Å². The average Bonchev–Trinajstić information content (AvgIpc) is 3.25. The number of rotatable bonds is 7. The van der Waals surface area contributed by atoms with E-state index in [2.05, 4.69) is 73.4 Å². The van der Waals surface area contributed by atoms with E-state index in [0.29, 0.717) is 6.04 Å². The largest absolute Gasteiger partial charge is 0.284 e. The van der Waals surface area contributed by atoms with E-state index in [4.69, 9.17) is 0 Å². The summed E-state index contributed by atoms with van der Waals surface area (Å²) in [6.07, 6.45) is 7.97. The van der Waals surface area contributed by atoms with Gasteiger partial charge in [-0.05, 0) is 47.5 Å². The van der Waals surface area contributed by atoms with E-state index in [-0.39, 0.29) is 6.04 Å². The van der Waals surface area contributed by atoms with Gasteiger partial charge < -0.3 is 0 Å². The number of pyridine rings is 1. The summed E-state index contributed by atoms with van der Waals surface area (Å²) in [4.78, 5) is 7.09. The Morgan fingerprint density at radius 2 is 1.82 bits per heavy atom. The van der Waals surface area contributed by atoms with Crippen molar-refractivity contribution < 1.29 is 0 Å². The highest BCUT2D eigenvalue weighted by Crippen LogP contribution is 2.33. The lowest BCUT2D eigenvalue weighted by Crippen LogP contribution is -2.33. The molecule has 1 aliphatic carbocycles. The van der Waals surface area contributed by atoms with Crippen LogP contribution in [0.25, 0.3) is 0 Å². The normalized spacial score (nSPS) is 16.4. The fourth-order valence-corrected chi connectivity index (χ4v) is 4.19. The molecule has 0 saturated heterocycles. The first-order valence-electron chi connectivity index (χ1n) is 10.3. The van der Waals surface area contributed by atoms with Crippen molar-refractivity contribution in [2.45, 2.75) is 57.7 Å². The van der Waals surface area contributed by atoms with Crippen LogP contribution in [0, 0.1) is 0 Å². The van der Waals surface area contributed by atoms with Gasteiger partial charge in [0.25, 0.3) is 0 Å². The molecule has 6 heteroatoms. The molecule has 0 bridgehead atoms. The highest BCUT2D eigenvalue weighted by atomic mass is 15.6. The minimum atomic E-state index is -0.0664. The van der Waals surface area contributed by atoms with Gasteiger partial charge in [-0.25, -0.2) is 4.68 Å². The predicted octanol–water partition coefficient (Wildman–Crippen LogP) is 4.18. The molecule has 1 aliphatic rings. The maximum atomic E-state index is 4.68. The molecule has 0 radical (unpaired) electrons. The van der Waals surface area contributed by atoms with Crippen molar-refractivity contribution >= 4 is 0 Å². The highest BCUT2D eigenvalue weighted by Gasteiger charge is 2.31. The maximum Gasteiger partial charge on any atom is 0.174 e. The van der Waals surface area contributed by atoms with Crippen molar-refractivity contribution in [2.75, 3.05) is 6.54 Å². The summed E-state index contributed by atoms with van der Waals surface area (Å²) in [5.74, 6) is 0.906. The monoisotopic (exact) mass is 376 g/mol. The van der Waals surface area contributed by atoms with Crippen molar-refractivity contribution in [3.05, 3.63) is 71.8 Å². The van der Waals surface area contributed by atoms with E-state index in [9.17, 15) is 0 Å². The Labute approximate surface area is 166 Å². The van der Waals surface area contributed by atoms with Gasteiger partial charge in [0.1, 0.15) is 6.04 Å². The lowest BCUT2D eigenvalue weighted by molar-refractivity contribution is 0.202. The molecule has 28 heavy (non-hydrogen) atoms. The van der Waals surface area contributed by atoms with Crippen LogP contribution in [-0.2, 0) is 6.54 Å². The Kier molecular flexibility index (Phi) is 6.07. The molecule has 6 nitrogen and oxygen atoms in total. The number of tetrazole rings is 1. The first-order chi connectivity index (χ1) is 13.9. The molecule has 3 aromatic rings. The summed E-state index contributed by atoms with van der Waals surface area (Å²) in [5, 5.41) is 13.0. The Bertz CT molecular complexity index is 842. The van der Waals surface area contributed by atoms with Crippen LogP contribution >= 0.6 is 0 Å². The molecule has 146 valence electrons. The summed E-state index contributed by atoms with van der Waals surface area (Å²) in [7, 11) is 0. The van der Waals surface area contributed by atoms with Crippen molar-refractivity contribution in [3.63, 3.8) is 0 Å². The Hall–Kier alpha value is -2.60. The molecule has 1 saturated carbocycles. The van der Waals surface area contributed by atoms with Crippen molar-refractivity contribution in [1.29, 1.82) is 0 Å². The van der Waals surface area contributed by atoms with Crippen LogP contribution in [0.1, 0.15) is 68.2 Å². The molecular weight excluding hydrogens is 348 g/mol. The smallest absolute Gasteiger partial charge is 0.174 e. The summed E-state index contributed by atoms with van der Waals surface area (Å²) in [6.45, 7) is 3.90. The van der Waals surface area contributed by atoms with Gasteiger partial charge in [-0.2, -0.15) is 0 Å². The molecular formula is C22H28N6. The highest BCUT2D eigenvalue weighted by molar-refractivity contribution is 5.20. The molecule has 0 spiro atoms. The Morgan fingerprint density at radius 3 is 2.54 bits per heavy atom. The molecule has 4 rings (SSSR count). The molecule has 1 fully saturated rings. The van der Waals surface area contributed by atoms with Crippen LogP contribution in [0.3, 0.4) is 0 Å². The van der Waals surface area contributed by atoms with E-state index < -0.39 is 0 Å². The molecule has 0 unspecified atom stereocenters. The zero-order valence-electron chi connectivity index (χ0n) is 16.5. The average molecular weight is 377 g/mol. The van der Waals surface area contributed by atoms with E-state index in [1.165, 1.54) is 24.8 Å². The number of hydrogen-bond acceptors (Lipinski definition) is 5. The molecule has 0 amide bonds. The molecule has 2 heterocycles. The molecule has 1 aromatic carbocycles. The van der Waals surface area contributed by atoms with Crippen LogP contribution in [0.4, 0.5) is 0 Å². The molecule has 0 aliphatic heterocycles. The van der Waals surface area contributed by atoms with E-state index in [1.807, 2.05) is 18.3 Å². The summed E-state index contributed by atoms with van der Waals surface area (Å²) in [6, 6.07) is 17.0. The standard InChI is InChI=1S/C22H28N6/c1-2-27(17-18-11-5-3-6-12-18)21(20-15-9-10-16-23-20)22-24-25-26-28(22)19-13-7-4-8-14-19/h3,5-6,9-12,15-16,19,21H,2,4,7-8,13-14,17H2,1H3/t21-/m1/s1. The topological polar surface area (TPSA) is 59.7 Å². The molecule has 0 N–H and O–H groups in total. The van der Waals surface area contributed by atoms with Gasteiger partial charge in [0, 0.05) is 12.7 Å². The van der Waals surface area contributed by atoms with Gasteiger partial charge in [0.2, 0.25) is 0 Å². The van der Waals surface area contributed by atoms with Crippen molar-refractivity contribution in [3.8, 4) is 0 Å². The number of aromatic nitrogens is 5. The fraction of sp³-hybridized carbons (Fsp3) is 0.455. The minimum absolute atomic E-state index is 0.0664. The minimum Gasteiger partial charge on any atom is -0.284 e. The third-order valence-electron chi connectivity index (χ3n) is 5.65. The molecule has 1 atom stereocenters. The van der Waals surface area contributed by atoms with Crippen LogP contribution in [0.15, 0.2) is 54.7 Å². The van der Waals surface area contributed by atoms with Crippen LogP contribution < -0.4 is 0 Å². The van der Waals surface area contributed by atoms with Crippen LogP contribution in [0.5, 0.6) is 0 Å². The zero-order chi connectivity index (χ0) is 19.2. The van der Waals surface area contributed by atoms with Gasteiger partial charge in [-0.1, -0.05) is 62.6 Å². The van der Waals surface area contributed by atoms with Crippen molar-refractivity contribution in [1.82, 2.24) is 30.1 Å². The third-order valence-corrected chi connectivity index (χ3v) is 5.65. The second-order valence-corrected chi connectivity index (χ2v) is 7.48. The SMILES string of the molecule is CCN(Cc1ccccc1)[C@H](c1ccccn1)c1nnnn1C1CCCCC1. The number of nitrogens with zero attached hydrogens (tertiary/aromatic N) is 6. The summed E-state index contributed by atoms with van der Waals surface area (Å²) in [5.41, 5.74) is 2.27. The summed E-state index contributed by atoms with van der Waals surface area (Å²) < 4.78 is 2.08. The first-order valence-corrected chi connectivity index (χ1v) is 10.3. The van der Waals surface area contributed by atoms with Crippen molar-refractivity contribution in [2.24, 2.45) is 0 Å². The van der Waals surface area contributed by atoms with Crippen LogP contribution in [-0.4, -0.2) is 36.6 Å². The van der Waals surface area contributed by atoms with E-state index in [0.717, 1.165) is 37.4 Å². The Morgan fingerprint density at radius 1 is 1.04 bits per heavy atom. The van der Waals surface area contributed by atoms with Gasteiger partial charge in [-0.3, -0.25) is 9.88 Å². The van der Waals surface area contributed by atoms with Gasteiger partial charge in [-0.15, -0.1) is 5.10 Å². The second kappa shape index (κ2) is 9.06. The fourth-order valence-electron chi connectivity index (χ4n) is 4.19. The first kappa shape index (κ1) is 18.7. The van der Waals surface area contributed by atoms with E-state index >= 15 is 0 Å². The summed E-state index contributed by atoms with van der Waals surface area (Å²) >= 11 is 0. The van der Waals surface area contributed by atoms with Gasteiger partial charge >= 0.3 is 0 Å². The van der Waals surface area contributed by atoms with Crippen LogP contribution in [0.2, 0.25) is 0 Å². The quantitative estimate of drug-likeness (QED) is 0.619. The number of benzene rings is 1. The third kappa shape index (κ3) is 4.12.